The van der Waals surface area contributed by atoms with Crippen LogP contribution in [-0.2, 0) is 42.3 Å². The Kier molecular flexibility index (Phi) is 8.28. The van der Waals surface area contributed by atoms with Crippen molar-refractivity contribution in [2.75, 3.05) is 13.1 Å². The van der Waals surface area contributed by atoms with Crippen LogP contribution in [0.5, 0.6) is 0 Å². The van der Waals surface area contributed by atoms with Crippen LogP contribution < -0.4 is 0 Å². The average molecular weight is 540 g/mol. The molecular weight excluding hydrogens is 509 g/mol. The van der Waals surface area contributed by atoms with Crippen LogP contribution in [0.4, 0.5) is 4.39 Å². The van der Waals surface area contributed by atoms with Gasteiger partial charge in [0.15, 0.2) is 5.41 Å². The molecular formula is C29H30FNO6S. The molecule has 0 aliphatic carbocycles. The number of hydrogen-bond donors (Lipinski definition) is 0. The molecule has 0 saturated carbocycles. The van der Waals surface area contributed by atoms with E-state index in [1.54, 1.807) is 79.7 Å². The van der Waals surface area contributed by atoms with E-state index in [-0.39, 0.29) is 18.1 Å². The van der Waals surface area contributed by atoms with Gasteiger partial charge in [0.25, 0.3) is 0 Å². The van der Waals surface area contributed by atoms with E-state index in [0.717, 1.165) is 9.87 Å². The number of carbonyl (C=O) groups is 2. The Morgan fingerprint density at radius 3 is 1.92 bits per heavy atom. The minimum atomic E-state index is -4.24. The van der Waals surface area contributed by atoms with Crippen LogP contribution in [0.2, 0.25) is 0 Å². The summed E-state index contributed by atoms with van der Waals surface area (Å²) in [7, 11) is -4.24. The molecule has 0 N–H and O–H groups in total. The fourth-order valence-electron chi connectivity index (χ4n) is 4.61. The molecule has 0 aromatic heterocycles. The van der Waals surface area contributed by atoms with Gasteiger partial charge < -0.3 is 9.47 Å². The number of nitrogens with zero attached hydrogens (tertiary/aromatic N) is 1. The van der Waals surface area contributed by atoms with Gasteiger partial charge >= 0.3 is 11.9 Å². The van der Waals surface area contributed by atoms with Crippen molar-refractivity contribution in [2.45, 2.75) is 44.5 Å². The van der Waals surface area contributed by atoms with Crippen LogP contribution >= 0.6 is 0 Å². The lowest BCUT2D eigenvalue weighted by Crippen LogP contribution is -2.58. The van der Waals surface area contributed by atoms with Crippen LogP contribution in [0.15, 0.2) is 83.8 Å². The third-order valence-electron chi connectivity index (χ3n) is 6.57. The predicted octanol–water partition coefficient (Wildman–Crippen LogP) is 4.51. The van der Waals surface area contributed by atoms with Crippen LogP contribution in [-0.4, -0.2) is 43.9 Å². The van der Waals surface area contributed by atoms with E-state index in [9.17, 15) is 18.0 Å². The van der Waals surface area contributed by atoms with E-state index in [1.165, 1.54) is 6.07 Å². The molecule has 1 aliphatic rings. The number of esters is 2. The van der Waals surface area contributed by atoms with Crippen molar-refractivity contribution >= 4 is 22.0 Å². The second-order valence-electron chi connectivity index (χ2n) is 9.57. The van der Waals surface area contributed by atoms with Crippen molar-refractivity contribution in [3.63, 3.8) is 0 Å². The van der Waals surface area contributed by atoms with Gasteiger partial charge in [-0.05, 0) is 36.6 Å². The number of halogens is 1. The van der Waals surface area contributed by atoms with Gasteiger partial charge in [0.2, 0.25) is 10.0 Å². The highest BCUT2D eigenvalue weighted by molar-refractivity contribution is 7.89. The van der Waals surface area contributed by atoms with Crippen molar-refractivity contribution in [1.29, 1.82) is 0 Å². The molecule has 1 saturated heterocycles. The topological polar surface area (TPSA) is 90.0 Å². The van der Waals surface area contributed by atoms with Crippen LogP contribution in [0.3, 0.4) is 0 Å². The Morgan fingerprint density at radius 2 is 1.42 bits per heavy atom. The number of ether oxygens (including phenoxy) is 2. The standard InChI is InChI=1S/C29H30FNO6S/c1-21-13-14-26(22(2)15-21)38(34,35)31-17-25(30)16-29(20-31,27(32)36-18-23-9-5-3-6-10-23)28(33)37-19-24-11-7-4-8-12-24/h3-15,25H,16-20H2,1-2H3/t25-/m1/s1. The molecule has 1 aliphatic heterocycles. The van der Waals surface area contributed by atoms with E-state index >= 15 is 4.39 Å². The first-order valence-corrected chi connectivity index (χ1v) is 13.7. The Hall–Kier alpha value is -3.56. The highest BCUT2D eigenvalue weighted by atomic mass is 32.2. The highest BCUT2D eigenvalue weighted by Gasteiger charge is 2.56. The first-order valence-electron chi connectivity index (χ1n) is 12.3. The van der Waals surface area contributed by atoms with E-state index in [1.807, 2.05) is 6.92 Å². The molecule has 3 aromatic rings. The summed E-state index contributed by atoms with van der Waals surface area (Å²) in [6, 6.07) is 22.4. The third-order valence-corrected chi connectivity index (χ3v) is 8.55. The summed E-state index contributed by atoms with van der Waals surface area (Å²) >= 11 is 0. The number of hydrogen-bond acceptors (Lipinski definition) is 6. The molecule has 1 fully saturated rings. The highest BCUT2D eigenvalue weighted by Crippen LogP contribution is 2.38. The summed E-state index contributed by atoms with van der Waals surface area (Å²) in [5.41, 5.74) is 0.510. The summed E-state index contributed by atoms with van der Waals surface area (Å²) in [6.07, 6.45) is -2.34. The minimum Gasteiger partial charge on any atom is -0.460 e. The Morgan fingerprint density at radius 1 is 0.895 bits per heavy atom. The predicted molar refractivity (Wildman–Crippen MR) is 139 cm³/mol. The van der Waals surface area contributed by atoms with E-state index in [4.69, 9.17) is 9.47 Å². The van der Waals surface area contributed by atoms with Gasteiger partial charge in [-0.2, -0.15) is 4.31 Å². The fraction of sp³-hybridized carbons (Fsp3) is 0.310. The number of benzene rings is 3. The lowest BCUT2D eigenvalue weighted by Gasteiger charge is -2.39. The van der Waals surface area contributed by atoms with Gasteiger partial charge in [-0.3, -0.25) is 9.59 Å². The van der Waals surface area contributed by atoms with E-state index in [2.05, 4.69) is 0 Å². The zero-order chi connectivity index (χ0) is 27.3. The van der Waals surface area contributed by atoms with Gasteiger partial charge in [-0.15, -0.1) is 0 Å². The zero-order valence-electron chi connectivity index (χ0n) is 21.3. The summed E-state index contributed by atoms with van der Waals surface area (Å²) in [5, 5.41) is 0. The van der Waals surface area contributed by atoms with Crippen LogP contribution in [0, 0.1) is 19.3 Å². The summed E-state index contributed by atoms with van der Waals surface area (Å²) in [6.45, 7) is 2.08. The molecule has 7 nitrogen and oxygen atoms in total. The van der Waals surface area contributed by atoms with Gasteiger partial charge in [-0.25, -0.2) is 12.8 Å². The Balaban J connectivity index is 1.66. The molecule has 3 aromatic carbocycles. The first-order chi connectivity index (χ1) is 18.1. The van der Waals surface area contributed by atoms with Gasteiger partial charge in [0, 0.05) is 19.5 Å². The second kappa shape index (κ2) is 11.4. The number of carbonyl (C=O) groups excluding carboxylic acids is 2. The molecule has 0 radical (unpaired) electrons. The zero-order valence-corrected chi connectivity index (χ0v) is 22.1. The fourth-order valence-corrected chi connectivity index (χ4v) is 6.34. The number of alkyl halides is 1. The van der Waals surface area contributed by atoms with Crippen LogP contribution in [0.1, 0.15) is 28.7 Å². The van der Waals surface area contributed by atoms with Gasteiger partial charge in [-0.1, -0.05) is 78.4 Å². The molecule has 4 rings (SSSR count). The number of sulfonamides is 1. The Bertz CT molecular complexity index is 1340. The van der Waals surface area contributed by atoms with Gasteiger partial charge in [0.05, 0.1) is 4.90 Å². The Labute approximate surface area is 222 Å². The average Bonchev–Trinajstić information content (AvgIpc) is 2.90. The van der Waals surface area contributed by atoms with Crippen molar-refractivity contribution < 1.29 is 31.9 Å². The molecule has 9 heteroatoms. The van der Waals surface area contributed by atoms with Crippen molar-refractivity contribution in [3.05, 3.63) is 101 Å². The molecule has 200 valence electrons. The number of piperidine rings is 1. The maximum absolute atomic E-state index is 15.3. The first kappa shape index (κ1) is 27.5. The van der Waals surface area contributed by atoms with Crippen molar-refractivity contribution in [2.24, 2.45) is 5.41 Å². The maximum Gasteiger partial charge on any atom is 0.325 e. The molecule has 1 atom stereocenters. The molecule has 0 bridgehead atoms. The summed E-state index contributed by atoms with van der Waals surface area (Å²) in [4.78, 5) is 27.0. The van der Waals surface area contributed by atoms with E-state index < -0.39 is 53.1 Å². The molecule has 1 heterocycles. The lowest BCUT2D eigenvalue weighted by molar-refractivity contribution is -0.179. The molecule has 0 unspecified atom stereocenters. The van der Waals surface area contributed by atoms with Crippen molar-refractivity contribution in [3.8, 4) is 0 Å². The largest absolute Gasteiger partial charge is 0.460 e. The third kappa shape index (κ3) is 5.95. The number of aryl methyl sites for hydroxylation is 2. The van der Waals surface area contributed by atoms with Gasteiger partial charge in [0.1, 0.15) is 19.4 Å². The lowest BCUT2D eigenvalue weighted by atomic mass is 9.80. The molecule has 0 amide bonds. The second-order valence-corrected chi connectivity index (χ2v) is 11.5. The molecule has 0 spiro atoms. The number of rotatable bonds is 8. The minimum absolute atomic E-state index is 0.0126. The van der Waals surface area contributed by atoms with Crippen LogP contribution in [0.25, 0.3) is 0 Å². The summed E-state index contributed by atoms with van der Waals surface area (Å²) < 4.78 is 54.3. The quantitative estimate of drug-likeness (QED) is 0.309. The monoisotopic (exact) mass is 539 g/mol. The SMILES string of the molecule is Cc1ccc(S(=O)(=O)N2C[C@H](F)CC(C(=O)OCc3ccccc3)(C(=O)OCc3ccccc3)C2)c(C)c1. The maximum atomic E-state index is 15.3. The summed E-state index contributed by atoms with van der Waals surface area (Å²) in [5.74, 6) is -2.05. The smallest absolute Gasteiger partial charge is 0.325 e. The van der Waals surface area contributed by atoms with Crippen molar-refractivity contribution in [1.82, 2.24) is 4.31 Å². The normalized spacial score (nSPS) is 17.5. The molecule has 38 heavy (non-hydrogen) atoms. The van der Waals surface area contributed by atoms with E-state index in [0.29, 0.717) is 16.7 Å².